The number of hydrogen-bond donors (Lipinski definition) is 1. The Labute approximate surface area is 164 Å². The van der Waals surface area contributed by atoms with Crippen LogP contribution in [0.1, 0.15) is 37.3 Å². The Hall–Kier alpha value is -1.71. The highest BCUT2D eigenvalue weighted by molar-refractivity contribution is 5.85. The number of ether oxygens (including phenoxy) is 1. The van der Waals surface area contributed by atoms with Crippen LogP contribution in [0.15, 0.2) is 54.6 Å². The second-order valence-corrected chi connectivity index (χ2v) is 7.30. The predicted octanol–water partition coefficient (Wildman–Crippen LogP) is 5.39. The Bertz CT molecular complexity index is 637. The number of nitrogens with one attached hydrogen (secondary N) is 1. The van der Waals surface area contributed by atoms with Gasteiger partial charge in [0.15, 0.2) is 0 Å². The van der Waals surface area contributed by atoms with E-state index in [2.05, 4.69) is 66.8 Å². The lowest BCUT2D eigenvalue weighted by Gasteiger charge is -2.38. The van der Waals surface area contributed by atoms with Crippen molar-refractivity contribution in [2.24, 2.45) is 5.92 Å². The van der Waals surface area contributed by atoms with Crippen molar-refractivity contribution in [3.63, 3.8) is 0 Å². The van der Waals surface area contributed by atoms with Crippen LogP contribution >= 0.6 is 12.4 Å². The van der Waals surface area contributed by atoms with Crippen molar-refractivity contribution >= 4 is 18.1 Å². The molecule has 0 bridgehead atoms. The van der Waals surface area contributed by atoms with Crippen molar-refractivity contribution in [2.45, 2.75) is 37.8 Å². The van der Waals surface area contributed by atoms with Crippen molar-refractivity contribution in [3.8, 4) is 5.75 Å². The molecule has 3 nitrogen and oxygen atoms in total. The molecule has 1 atom stereocenters. The molecule has 2 aromatic carbocycles. The molecule has 0 aromatic heterocycles. The van der Waals surface area contributed by atoms with Crippen LogP contribution in [0, 0.1) is 5.92 Å². The first-order valence-electron chi connectivity index (χ1n) is 9.29. The molecule has 3 rings (SSSR count). The van der Waals surface area contributed by atoms with Gasteiger partial charge in [-0.05, 0) is 75.5 Å². The Balaban J connectivity index is 0.00000243. The highest BCUT2D eigenvalue weighted by atomic mass is 35.5. The van der Waals surface area contributed by atoms with Gasteiger partial charge in [0.2, 0.25) is 0 Å². The molecule has 1 fully saturated rings. The number of rotatable bonds is 6. The summed E-state index contributed by atoms with van der Waals surface area (Å²) in [4.78, 5) is 2.39. The zero-order valence-electron chi connectivity index (χ0n) is 16.0. The second-order valence-electron chi connectivity index (χ2n) is 7.30. The van der Waals surface area contributed by atoms with Crippen LogP contribution in [0.25, 0.3) is 0 Å². The third kappa shape index (κ3) is 5.15. The maximum absolute atomic E-state index is 5.23. The molecule has 4 heteroatoms. The molecular weight excluding hydrogens is 344 g/mol. The number of methoxy groups -OCH3 is 1. The van der Waals surface area contributed by atoms with Gasteiger partial charge in [-0.2, -0.15) is 0 Å². The third-order valence-electron chi connectivity index (χ3n) is 5.38. The van der Waals surface area contributed by atoms with E-state index in [9.17, 15) is 0 Å². The molecule has 1 N–H and O–H groups in total. The first-order chi connectivity index (χ1) is 12.2. The topological polar surface area (TPSA) is 24.5 Å². The Morgan fingerprint density at radius 1 is 0.923 bits per heavy atom. The van der Waals surface area contributed by atoms with Crippen molar-refractivity contribution in [1.29, 1.82) is 0 Å². The zero-order valence-corrected chi connectivity index (χ0v) is 16.8. The van der Waals surface area contributed by atoms with Gasteiger partial charge >= 0.3 is 0 Å². The van der Waals surface area contributed by atoms with Crippen LogP contribution < -0.4 is 10.1 Å². The van der Waals surface area contributed by atoms with Crippen LogP contribution in [0.2, 0.25) is 0 Å². The standard InChI is InChI=1S/C22H30N2O.ClH/c1-24(2)22(17-7-5-4-6-8-17)18-9-11-19(12-10-18)23-20-13-15-21(25-3)16-14-20;/h4-8,13-16,18-19,22-23H,9-12H2,1-3H3;1H. The number of hydrogen-bond acceptors (Lipinski definition) is 3. The highest BCUT2D eigenvalue weighted by Crippen LogP contribution is 2.38. The third-order valence-corrected chi connectivity index (χ3v) is 5.38. The second kappa shape index (κ2) is 9.84. The zero-order chi connectivity index (χ0) is 17.6. The first-order valence-corrected chi connectivity index (χ1v) is 9.29. The summed E-state index contributed by atoms with van der Waals surface area (Å²) < 4.78 is 5.23. The summed E-state index contributed by atoms with van der Waals surface area (Å²) in [6.45, 7) is 0. The SMILES string of the molecule is COc1ccc(NC2CCC(C(c3ccccc3)N(C)C)CC2)cc1.Cl. The summed E-state index contributed by atoms with van der Waals surface area (Å²) in [5.41, 5.74) is 2.63. The van der Waals surface area contributed by atoms with Crippen LogP contribution in [0.3, 0.4) is 0 Å². The first kappa shape index (κ1) is 20.6. The highest BCUT2D eigenvalue weighted by Gasteiger charge is 2.29. The van der Waals surface area contributed by atoms with Crippen molar-refractivity contribution in [3.05, 3.63) is 60.2 Å². The fraction of sp³-hybridized carbons (Fsp3) is 0.455. The molecule has 142 valence electrons. The van der Waals surface area contributed by atoms with Crippen LogP contribution in [-0.2, 0) is 0 Å². The van der Waals surface area contributed by atoms with E-state index in [1.54, 1.807) is 7.11 Å². The van der Waals surface area contributed by atoms with Crippen molar-refractivity contribution in [1.82, 2.24) is 4.90 Å². The van der Waals surface area contributed by atoms with E-state index in [-0.39, 0.29) is 12.4 Å². The van der Waals surface area contributed by atoms with Crippen molar-refractivity contribution < 1.29 is 4.74 Å². The van der Waals surface area contributed by atoms with E-state index in [1.165, 1.54) is 36.9 Å². The fourth-order valence-electron chi connectivity index (χ4n) is 4.14. The summed E-state index contributed by atoms with van der Waals surface area (Å²) in [7, 11) is 6.12. The van der Waals surface area contributed by atoms with E-state index in [0.717, 1.165) is 11.7 Å². The molecule has 1 unspecified atom stereocenters. The maximum Gasteiger partial charge on any atom is 0.119 e. The Morgan fingerprint density at radius 3 is 2.08 bits per heavy atom. The molecule has 1 aliphatic rings. The predicted molar refractivity (Wildman–Crippen MR) is 112 cm³/mol. The Morgan fingerprint density at radius 2 is 1.54 bits per heavy atom. The molecule has 0 heterocycles. The smallest absolute Gasteiger partial charge is 0.119 e. The number of halogens is 1. The summed E-state index contributed by atoms with van der Waals surface area (Å²) in [5.74, 6) is 1.64. The summed E-state index contributed by atoms with van der Waals surface area (Å²) >= 11 is 0. The maximum atomic E-state index is 5.23. The van der Waals surface area contributed by atoms with E-state index < -0.39 is 0 Å². The lowest BCUT2D eigenvalue weighted by Crippen LogP contribution is -2.33. The van der Waals surface area contributed by atoms with Gasteiger partial charge in [0.1, 0.15) is 5.75 Å². The van der Waals surface area contributed by atoms with E-state index >= 15 is 0 Å². The normalized spacial score (nSPS) is 20.9. The summed E-state index contributed by atoms with van der Waals surface area (Å²) in [6, 6.07) is 20.3. The van der Waals surface area contributed by atoms with E-state index in [1.807, 2.05) is 12.1 Å². The Kier molecular flexibility index (Phi) is 7.80. The lowest BCUT2D eigenvalue weighted by atomic mass is 9.78. The summed E-state index contributed by atoms with van der Waals surface area (Å²) in [6.07, 6.45) is 5.00. The van der Waals surface area contributed by atoms with Gasteiger partial charge in [-0.25, -0.2) is 0 Å². The number of anilines is 1. The number of benzene rings is 2. The van der Waals surface area contributed by atoms with Gasteiger partial charge in [0.25, 0.3) is 0 Å². The minimum Gasteiger partial charge on any atom is -0.497 e. The van der Waals surface area contributed by atoms with Gasteiger partial charge in [0, 0.05) is 17.8 Å². The summed E-state index contributed by atoms with van der Waals surface area (Å²) in [5, 5.41) is 3.69. The molecule has 0 amide bonds. The van der Waals surface area contributed by atoms with E-state index in [4.69, 9.17) is 4.74 Å². The van der Waals surface area contributed by atoms with Crippen LogP contribution in [0.5, 0.6) is 5.75 Å². The minimum atomic E-state index is 0. The van der Waals surface area contributed by atoms with Gasteiger partial charge < -0.3 is 15.0 Å². The van der Waals surface area contributed by atoms with Crippen LogP contribution in [0.4, 0.5) is 5.69 Å². The monoisotopic (exact) mass is 374 g/mol. The van der Waals surface area contributed by atoms with Gasteiger partial charge in [-0.3, -0.25) is 0 Å². The molecule has 0 aliphatic heterocycles. The van der Waals surface area contributed by atoms with Crippen LogP contribution in [-0.4, -0.2) is 32.1 Å². The average Bonchev–Trinajstić information content (AvgIpc) is 2.65. The molecule has 1 saturated carbocycles. The molecular formula is C22H31ClN2O. The molecule has 0 spiro atoms. The fourth-order valence-corrected chi connectivity index (χ4v) is 4.14. The largest absolute Gasteiger partial charge is 0.497 e. The van der Waals surface area contributed by atoms with E-state index in [0.29, 0.717) is 12.1 Å². The van der Waals surface area contributed by atoms with Gasteiger partial charge in [0.05, 0.1) is 7.11 Å². The minimum absolute atomic E-state index is 0. The average molecular weight is 375 g/mol. The molecule has 1 aliphatic carbocycles. The van der Waals surface area contributed by atoms with Crippen molar-refractivity contribution in [2.75, 3.05) is 26.5 Å². The molecule has 0 saturated heterocycles. The molecule has 0 radical (unpaired) electrons. The molecule has 2 aromatic rings. The van der Waals surface area contributed by atoms with Gasteiger partial charge in [-0.1, -0.05) is 30.3 Å². The quantitative estimate of drug-likeness (QED) is 0.733. The lowest BCUT2D eigenvalue weighted by molar-refractivity contribution is 0.167. The number of nitrogens with zero attached hydrogens (tertiary/aromatic N) is 1. The molecule has 26 heavy (non-hydrogen) atoms. The van der Waals surface area contributed by atoms with Gasteiger partial charge in [-0.15, -0.1) is 12.4 Å².